The lowest BCUT2D eigenvalue weighted by atomic mass is 9.95. The Morgan fingerprint density at radius 1 is 1.32 bits per heavy atom. The maximum absolute atomic E-state index is 12.3. The quantitative estimate of drug-likeness (QED) is 0.643. The average Bonchev–Trinajstić information content (AvgIpc) is 2.82. The van der Waals surface area contributed by atoms with Gasteiger partial charge in [0.1, 0.15) is 0 Å². The number of aryl methyl sites for hydroxylation is 1. The van der Waals surface area contributed by atoms with Gasteiger partial charge in [-0.1, -0.05) is 28.1 Å². The minimum absolute atomic E-state index is 0.200. The summed E-state index contributed by atoms with van der Waals surface area (Å²) in [5.41, 5.74) is 0.518. The monoisotopic (exact) mass is 320 g/mol. The first-order chi connectivity index (χ1) is 9.00. The molecule has 0 spiro atoms. The Hall–Kier alpha value is -1.75. The molecule has 1 heterocycles. The summed E-state index contributed by atoms with van der Waals surface area (Å²) in [6.45, 7) is 1.61. The van der Waals surface area contributed by atoms with Crippen molar-refractivity contribution in [1.29, 1.82) is 0 Å². The van der Waals surface area contributed by atoms with Crippen LogP contribution in [0.15, 0.2) is 41.1 Å². The SMILES string of the molecule is CC(C(=O)c1cccc(Br)c1)C(=O)c1nccn1C. The van der Waals surface area contributed by atoms with Crippen LogP contribution < -0.4 is 0 Å². The minimum atomic E-state index is -0.740. The highest BCUT2D eigenvalue weighted by Gasteiger charge is 2.26. The van der Waals surface area contributed by atoms with E-state index < -0.39 is 5.92 Å². The number of carbonyl (C=O) groups excluding carboxylic acids is 2. The zero-order chi connectivity index (χ0) is 14.0. The van der Waals surface area contributed by atoms with Crippen LogP contribution in [0.3, 0.4) is 0 Å². The van der Waals surface area contributed by atoms with Crippen LogP contribution in [0.1, 0.15) is 27.9 Å². The zero-order valence-corrected chi connectivity index (χ0v) is 12.2. The van der Waals surface area contributed by atoms with Gasteiger partial charge < -0.3 is 4.57 Å². The molecule has 2 aromatic rings. The largest absolute Gasteiger partial charge is 0.332 e. The molecule has 1 aromatic heterocycles. The molecule has 0 bridgehead atoms. The summed E-state index contributed by atoms with van der Waals surface area (Å²) in [5, 5.41) is 0. The first-order valence-corrected chi connectivity index (χ1v) is 6.61. The number of carbonyl (C=O) groups is 2. The molecule has 1 aromatic carbocycles. The van der Waals surface area contributed by atoms with Gasteiger partial charge in [-0.2, -0.15) is 0 Å². The lowest BCUT2D eigenvalue weighted by Gasteiger charge is -2.09. The van der Waals surface area contributed by atoms with E-state index in [9.17, 15) is 9.59 Å². The molecule has 98 valence electrons. The summed E-state index contributed by atoms with van der Waals surface area (Å²) in [5.74, 6) is -0.905. The van der Waals surface area contributed by atoms with Crippen molar-refractivity contribution in [2.75, 3.05) is 0 Å². The molecular weight excluding hydrogens is 308 g/mol. The smallest absolute Gasteiger partial charge is 0.208 e. The molecule has 0 saturated carbocycles. The fourth-order valence-electron chi connectivity index (χ4n) is 1.81. The predicted molar refractivity (Wildman–Crippen MR) is 75.2 cm³/mol. The summed E-state index contributed by atoms with van der Waals surface area (Å²) in [4.78, 5) is 28.5. The van der Waals surface area contributed by atoms with E-state index in [1.54, 1.807) is 49.1 Å². The number of hydrogen-bond donors (Lipinski definition) is 0. The van der Waals surface area contributed by atoms with E-state index in [2.05, 4.69) is 20.9 Å². The molecule has 0 fully saturated rings. The van der Waals surface area contributed by atoms with E-state index in [-0.39, 0.29) is 11.6 Å². The third-order valence-electron chi connectivity index (χ3n) is 2.94. The van der Waals surface area contributed by atoms with Gasteiger partial charge in [0.15, 0.2) is 11.6 Å². The maximum atomic E-state index is 12.3. The first kappa shape index (κ1) is 13.7. The molecular formula is C14H13BrN2O2. The van der Waals surface area contributed by atoms with Crippen molar-refractivity contribution in [2.24, 2.45) is 13.0 Å². The van der Waals surface area contributed by atoms with Crippen LogP contribution in [0.5, 0.6) is 0 Å². The number of imidazole rings is 1. The molecule has 1 atom stereocenters. The topological polar surface area (TPSA) is 52.0 Å². The highest BCUT2D eigenvalue weighted by atomic mass is 79.9. The molecule has 0 aliphatic rings. The molecule has 4 nitrogen and oxygen atoms in total. The molecule has 0 aliphatic carbocycles. The molecule has 0 saturated heterocycles. The highest BCUT2D eigenvalue weighted by Crippen LogP contribution is 2.17. The Kier molecular flexibility index (Phi) is 3.95. The van der Waals surface area contributed by atoms with Crippen LogP contribution in [0, 0.1) is 5.92 Å². The minimum Gasteiger partial charge on any atom is -0.332 e. The van der Waals surface area contributed by atoms with E-state index >= 15 is 0 Å². The highest BCUT2D eigenvalue weighted by molar-refractivity contribution is 9.10. The Bertz CT molecular complexity index is 634. The lowest BCUT2D eigenvalue weighted by molar-refractivity contribution is 0.0812. The van der Waals surface area contributed by atoms with Gasteiger partial charge in [0.25, 0.3) is 0 Å². The Labute approximate surface area is 119 Å². The number of ketones is 2. The summed E-state index contributed by atoms with van der Waals surface area (Å²) >= 11 is 3.31. The van der Waals surface area contributed by atoms with Crippen LogP contribution in [0.4, 0.5) is 0 Å². The standard InChI is InChI=1S/C14H13BrN2O2/c1-9(13(19)14-16-6-7-17(14)2)12(18)10-4-3-5-11(15)8-10/h3-9H,1-2H3. The van der Waals surface area contributed by atoms with E-state index in [0.29, 0.717) is 11.4 Å². The van der Waals surface area contributed by atoms with Crippen LogP contribution in [0.25, 0.3) is 0 Å². The maximum Gasteiger partial charge on any atom is 0.208 e. The molecule has 0 radical (unpaired) electrons. The van der Waals surface area contributed by atoms with Crippen molar-refractivity contribution >= 4 is 27.5 Å². The zero-order valence-electron chi connectivity index (χ0n) is 10.6. The molecule has 19 heavy (non-hydrogen) atoms. The Morgan fingerprint density at radius 3 is 2.63 bits per heavy atom. The second-order valence-electron chi connectivity index (χ2n) is 4.32. The second kappa shape index (κ2) is 5.48. The van der Waals surface area contributed by atoms with E-state index in [1.807, 2.05) is 6.07 Å². The fourth-order valence-corrected chi connectivity index (χ4v) is 2.21. The number of aromatic nitrogens is 2. The molecule has 1 unspecified atom stereocenters. The first-order valence-electron chi connectivity index (χ1n) is 5.82. The predicted octanol–water partition coefficient (Wildman–Crippen LogP) is 2.88. The number of benzene rings is 1. The lowest BCUT2D eigenvalue weighted by Crippen LogP contribution is -2.24. The number of hydrogen-bond acceptors (Lipinski definition) is 3. The summed E-state index contributed by atoms with van der Waals surface area (Å²) in [7, 11) is 1.73. The van der Waals surface area contributed by atoms with Crippen molar-refractivity contribution in [2.45, 2.75) is 6.92 Å². The number of halogens is 1. The van der Waals surface area contributed by atoms with Crippen LogP contribution in [-0.2, 0) is 7.05 Å². The molecule has 0 N–H and O–H groups in total. The van der Waals surface area contributed by atoms with Gasteiger partial charge in [-0.15, -0.1) is 0 Å². The van der Waals surface area contributed by atoms with Crippen molar-refractivity contribution in [1.82, 2.24) is 9.55 Å². The van der Waals surface area contributed by atoms with Gasteiger partial charge >= 0.3 is 0 Å². The molecule has 5 heteroatoms. The van der Waals surface area contributed by atoms with E-state index in [0.717, 1.165) is 4.47 Å². The van der Waals surface area contributed by atoms with Gasteiger partial charge in [-0.3, -0.25) is 9.59 Å². The van der Waals surface area contributed by atoms with Crippen LogP contribution in [0.2, 0.25) is 0 Å². The summed E-state index contributed by atoms with van der Waals surface area (Å²) < 4.78 is 2.43. The second-order valence-corrected chi connectivity index (χ2v) is 5.24. The Balaban J connectivity index is 2.25. The molecule has 0 aliphatic heterocycles. The van der Waals surface area contributed by atoms with Gasteiger partial charge in [-0.05, 0) is 19.1 Å². The third-order valence-corrected chi connectivity index (χ3v) is 3.43. The number of Topliss-reactive ketones (excluding diaryl/α,β-unsaturated/α-hetero) is 2. The van der Waals surface area contributed by atoms with Gasteiger partial charge in [0.2, 0.25) is 5.78 Å². The summed E-state index contributed by atoms with van der Waals surface area (Å²) in [6.07, 6.45) is 3.23. The molecule has 0 amide bonds. The fraction of sp³-hybridized carbons (Fsp3) is 0.214. The normalized spacial score (nSPS) is 12.2. The van der Waals surface area contributed by atoms with E-state index in [1.165, 1.54) is 0 Å². The van der Waals surface area contributed by atoms with Crippen LogP contribution in [-0.4, -0.2) is 21.1 Å². The Morgan fingerprint density at radius 2 is 2.05 bits per heavy atom. The van der Waals surface area contributed by atoms with Gasteiger partial charge in [0.05, 0.1) is 5.92 Å². The van der Waals surface area contributed by atoms with Crippen molar-refractivity contribution in [3.8, 4) is 0 Å². The molecule has 2 rings (SSSR count). The van der Waals surface area contributed by atoms with Gasteiger partial charge in [0, 0.05) is 29.5 Å². The van der Waals surface area contributed by atoms with Crippen molar-refractivity contribution < 1.29 is 9.59 Å². The summed E-state index contributed by atoms with van der Waals surface area (Å²) in [6, 6.07) is 7.02. The van der Waals surface area contributed by atoms with Gasteiger partial charge in [-0.25, -0.2) is 4.98 Å². The average molecular weight is 321 g/mol. The van der Waals surface area contributed by atoms with E-state index in [4.69, 9.17) is 0 Å². The number of nitrogens with zero attached hydrogens (tertiary/aromatic N) is 2. The van der Waals surface area contributed by atoms with Crippen molar-refractivity contribution in [3.63, 3.8) is 0 Å². The van der Waals surface area contributed by atoms with Crippen molar-refractivity contribution in [3.05, 3.63) is 52.5 Å². The third kappa shape index (κ3) is 2.81. The van der Waals surface area contributed by atoms with Crippen LogP contribution >= 0.6 is 15.9 Å². The number of rotatable bonds is 4.